The maximum absolute atomic E-state index is 13.5. The van der Waals surface area contributed by atoms with E-state index in [1.165, 1.54) is 0 Å². The Hall–Kier alpha value is -2.43. The Kier molecular flexibility index (Phi) is 3.52. The monoisotopic (exact) mass is 349 g/mol. The molecule has 1 aromatic carbocycles. The van der Waals surface area contributed by atoms with Crippen LogP contribution in [0.4, 0.5) is 0 Å². The fourth-order valence-corrected chi connectivity index (χ4v) is 4.84. The van der Waals surface area contributed by atoms with E-state index in [0.717, 1.165) is 56.0 Å². The van der Waals surface area contributed by atoms with E-state index in [0.29, 0.717) is 18.2 Å². The van der Waals surface area contributed by atoms with Gasteiger partial charge in [0.1, 0.15) is 5.54 Å². The highest BCUT2D eigenvalue weighted by molar-refractivity contribution is 6.08. The number of benzene rings is 1. The second kappa shape index (κ2) is 5.79. The van der Waals surface area contributed by atoms with Crippen molar-refractivity contribution in [1.29, 1.82) is 0 Å². The smallest absolute Gasteiger partial charge is 0.255 e. The lowest BCUT2D eigenvalue weighted by atomic mass is 9.84. The van der Waals surface area contributed by atoms with E-state index in [4.69, 9.17) is 0 Å². The molecule has 3 fully saturated rings. The number of hydrogen-bond donors (Lipinski definition) is 0. The third-order valence-electron chi connectivity index (χ3n) is 6.25. The van der Waals surface area contributed by atoms with Crippen LogP contribution in [-0.2, 0) is 4.79 Å². The fraction of sp³-hybridized carbons (Fsp3) is 0.476. The summed E-state index contributed by atoms with van der Waals surface area (Å²) in [6, 6.07) is 9.94. The third-order valence-corrected chi connectivity index (χ3v) is 6.25. The van der Waals surface area contributed by atoms with Crippen molar-refractivity contribution in [1.82, 2.24) is 14.8 Å². The average Bonchev–Trinajstić information content (AvgIpc) is 3.43. The number of piperidine rings is 1. The van der Waals surface area contributed by atoms with Crippen LogP contribution in [0.2, 0.25) is 0 Å². The number of carbonyl (C=O) groups is 2. The second-order valence-corrected chi connectivity index (χ2v) is 7.80. The van der Waals surface area contributed by atoms with Crippen molar-refractivity contribution < 1.29 is 9.59 Å². The van der Waals surface area contributed by atoms with Crippen LogP contribution < -0.4 is 0 Å². The maximum Gasteiger partial charge on any atom is 0.255 e. The van der Waals surface area contributed by atoms with Gasteiger partial charge in [0.05, 0.1) is 11.1 Å². The van der Waals surface area contributed by atoms with Crippen molar-refractivity contribution in [2.24, 2.45) is 0 Å². The molecule has 1 unspecified atom stereocenters. The molecular formula is C21H23N3O2. The molecule has 2 saturated heterocycles. The first-order chi connectivity index (χ1) is 12.7. The van der Waals surface area contributed by atoms with Gasteiger partial charge in [-0.1, -0.05) is 18.2 Å². The maximum atomic E-state index is 13.5. The largest absolute Gasteiger partial charge is 0.338 e. The summed E-state index contributed by atoms with van der Waals surface area (Å²) >= 11 is 0. The molecule has 3 aliphatic rings. The number of likely N-dealkylation sites (tertiary alicyclic amines) is 2. The molecule has 1 aromatic heterocycles. The minimum absolute atomic E-state index is 0.0212. The lowest BCUT2D eigenvalue weighted by Gasteiger charge is -2.44. The van der Waals surface area contributed by atoms with E-state index >= 15 is 0 Å². The van der Waals surface area contributed by atoms with Crippen molar-refractivity contribution in [2.45, 2.75) is 50.1 Å². The lowest BCUT2D eigenvalue weighted by Crippen LogP contribution is -2.61. The Morgan fingerprint density at radius 2 is 1.85 bits per heavy atom. The predicted octanol–water partition coefficient (Wildman–Crippen LogP) is 2.99. The Bertz CT molecular complexity index is 886. The molecule has 5 nitrogen and oxygen atoms in total. The van der Waals surface area contributed by atoms with Crippen molar-refractivity contribution in [3.63, 3.8) is 0 Å². The number of nitrogens with zero attached hydrogens (tertiary/aromatic N) is 3. The second-order valence-electron chi connectivity index (χ2n) is 7.80. The first-order valence-corrected chi connectivity index (χ1v) is 9.67. The van der Waals surface area contributed by atoms with Gasteiger partial charge in [0, 0.05) is 30.7 Å². The van der Waals surface area contributed by atoms with Gasteiger partial charge in [-0.25, -0.2) is 0 Å². The first kappa shape index (κ1) is 15.8. The summed E-state index contributed by atoms with van der Waals surface area (Å²) < 4.78 is 0. The van der Waals surface area contributed by atoms with Crippen LogP contribution in [-0.4, -0.2) is 51.3 Å². The highest BCUT2D eigenvalue weighted by Gasteiger charge is 2.54. The molecule has 1 aliphatic carbocycles. The number of fused-ring (bicyclic) bond motifs is 1. The molecule has 2 amide bonds. The van der Waals surface area contributed by atoms with Gasteiger partial charge in [0.2, 0.25) is 5.91 Å². The quantitative estimate of drug-likeness (QED) is 0.837. The van der Waals surface area contributed by atoms with Gasteiger partial charge in [-0.05, 0) is 50.7 Å². The molecular weight excluding hydrogens is 326 g/mol. The molecule has 1 atom stereocenters. The molecule has 1 spiro atoms. The Morgan fingerprint density at radius 3 is 2.65 bits per heavy atom. The van der Waals surface area contributed by atoms with Crippen molar-refractivity contribution in [3.05, 3.63) is 42.1 Å². The van der Waals surface area contributed by atoms with E-state index in [-0.39, 0.29) is 11.8 Å². The van der Waals surface area contributed by atoms with Crippen LogP contribution in [0.1, 0.15) is 48.9 Å². The number of pyridine rings is 1. The molecule has 0 N–H and O–H groups in total. The van der Waals surface area contributed by atoms with E-state index in [1.807, 2.05) is 29.2 Å². The Labute approximate surface area is 153 Å². The molecule has 2 aliphatic heterocycles. The van der Waals surface area contributed by atoms with Crippen LogP contribution in [0.25, 0.3) is 10.9 Å². The van der Waals surface area contributed by atoms with Gasteiger partial charge in [-0.3, -0.25) is 14.6 Å². The zero-order valence-corrected chi connectivity index (χ0v) is 14.9. The molecule has 2 aromatic rings. The van der Waals surface area contributed by atoms with Gasteiger partial charge in [-0.2, -0.15) is 0 Å². The number of carbonyl (C=O) groups excluding carboxylic acids is 2. The summed E-state index contributed by atoms with van der Waals surface area (Å²) in [6.45, 7) is 1.52. The number of aromatic nitrogens is 1. The number of amides is 2. The normalized spacial score (nSPS) is 26.1. The molecule has 26 heavy (non-hydrogen) atoms. The van der Waals surface area contributed by atoms with E-state index in [9.17, 15) is 9.59 Å². The van der Waals surface area contributed by atoms with Crippen LogP contribution in [0.15, 0.2) is 36.5 Å². The van der Waals surface area contributed by atoms with E-state index < -0.39 is 5.54 Å². The number of rotatable bonds is 2. The van der Waals surface area contributed by atoms with Crippen LogP contribution in [0, 0.1) is 0 Å². The molecule has 0 radical (unpaired) electrons. The topological polar surface area (TPSA) is 53.5 Å². The Balaban J connectivity index is 1.54. The molecule has 5 rings (SSSR count). The van der Waals surface area contributed by atoms with Crippen LogP contribution in [0.5, 0.6) is 0 Å². The first-order valence-electron chi connectivity index (χ1n) is 9.67. The SMILES string of the molecule is O=C(c1ccnc2ccccc12)N1CCCC12CCCN(C1CC1)C2=O. The average molecular weight is 349 g/mol. The standard InChI is InChI=1S/C21H23N3O2/c25-19(17-9-12-22-18-6-2-1-5-16(17)18)24-14-4-11-21(24)10-3-13-23(20(21)26)15-7-8-15/h1-2,5-6,9,12,15H,3-4,7-8,10-11,13-14H2. The molecule has 0 bridgehead atoms. The van der Waals surface area contributed by atoms with E-state index in [2.05, 4.69) is 9.88 Å². The van der Waals surface area contributed by atoms with Crippen LogP contribution >= 0.6 is 0 Å². The Morgan fingerprint density at radius 1 is 1.08 bits per heavy atom. The van der Waals surface area contributed by atoms with Crippen molar-refractivity contribution in [3.8, 4) is 0 Å². The van der Waals surface area contributed by atoms with Gasteiger partial charge in [-0.15, -0.1) is 0 Å². The number of para-hydroxylation sites is 1. The molecule has 134 valence electrons. The fourth-order valence-electron chi connectivity index (χ4n) is 4.84. The van der Waals surface area contributed by atoms with Crippen LogP contribution in [0.3, 0.4) is 0 Å². The minimum atomic E-state index is -0.623. The van der Waals surface area contributed by atoms with Gasteiger partial charge >= 0.3 is 0 Å². The summed E-state index contributed by atoms with van der Waals surface area (Å²) in [4.78, 5) is 35.2. The van der Waals surface area contributed by atoms with Gasteiger partial charge in [0.25, 0.3) is 5.91 Å². The van der Waals surface area contributed by atoms with Gasteiger partial charge in [0.15, 0.2) is 0 Å². The number of hydrogen-bond acceptors (Lipinski definition) is 3. The third kappa shape index (κ3) is 2.26. The summed E-state index contributed by atoms with van der Waals surface area (Å²) in [5.41, 5.74) is 0.858. The summed E-state index contributed by atoms with van der Waals surface area (Å²) in [5, 5.41) is 0.865. The van der Waals surface area contributed by atoms with Gasteiger partial charge < -0.3 is 9.80 Å². The van der Waals surface area contributed by atoms with Crippen molar-refractivity contribution in [2.75, 3.05) is 13.1 Å². The highest BCUT2D eigenvalue weighted by Crippen LogP contribution is 2.42. The predicted molar refractivity (Wildman–Crippen MR) is 98.7 cm³/mol. The van der Waals surface area contributed by atoms with Crippen molar-refractivity contribution >= 4 is 22.7 Å². The zero-order valence-electron chi connectivity index (χ0n) is 14.9. The highest BCUT2D eigenvalue weighted by atomic mass is 16.2. The minimum Gasteiger partial charge on any atom is -0.338 e. The lowest BCUT2D eigenvalue weighted by molar-refractivity contribution is -0.146. The summed E-state index contributed by atoms with van der Waals surface area (Å²) in [6.07, 6.45) is 7.41. The molecule has 3 heterocycles. The molecule has 1 saturated carbocycles. The molecule has 5 heteroatoms. The summed E-state index contributed by atoms with van der Waals surface area (Å²) in [7, 11) is 0. The zero-order chi connectivity index (χ0) is 17.7. The summed E-state index contributed by atoms with van der Waals surface area (Å²) in [5.74, 6) is 0.169. The van der Waals surface area contributed by atoms with E-state index in [1.54, 1.807) is 12.3 Å².